The second kappa shape index (κ2) is 13.9. The summed E-state index contributed by atoms with van der Waals surface area (Å²) < 4.78 is 15.1. The number of halogens is 1. The van der Waals surface area contributed by atoms with Gasteiger partial charge in [0.1, 0.15) is 17.2 Å². The van der Waals surface area contributed by atoms with Crippen molar-refractivity contribution in [2.24, 2.45) is 0 Å². The average molecular weight is 638 g/mol. The number of rotatable bonds is 12. The smallest absolute Gasteiger partial charge is 0.291 e. The largest absolute Gasteiger partial charge is 0.494 e. The van der Waals surface area contributed by atoms with Gasteiger partial charge in [0, 0.05) is 17.3 Å². The van der Waals surface area contributed by atoms with E-state index < -0.39 is 0 Å². The lowest BCUT2D eigenvalue weighted by Gasteiger charge is -2.09. The number of benzene rings is 3. The van der Waals surface area contributed by atoms with E-state index >= 15 is 0 Å². The number of fused-ring (bicyclic) bond motifs is 1. The Morgan fingerprint density at radius 2 is 1.73 bits per heavy atom. The van der Waals surface area contributed by atoms with Crippen LogP contribution in [0.4, 0.5) is 0 Å². The molecule has 0 aliphatic rings. The number of ether oxygens (including phenoxy) is 2. The molecule has 6 aromatic rings. The topological polar surface area (TPSA) is 83.5 Å². The molecule has 0 amide bonds. The summed E-state index contributed by atoms with van der Waals surface area (Å²) >= 11 is 7.90. The van der Waals surface area contributed by atoms with Crippen LogP contribution in [0.15, 0.2) is 83.8 Å². The summed E-state index contributed by atoms with van der Waals surface area (Å²) in [6, 6.07) is 23.3. The number of hydrogen-bond acceptors (Lipinski definition) is 7. The molecule has 0 saturated heterocycles. The molecule has 0 N–H and O–H groups in total. The van der Waals surface area contributed by atoms with Crippen LogP contribution in [-0.2, 0) is 0 Å². The Bertz CT molecular complexity index is 2050. The van der Waals surface area contributed by atoms with E-state index in [0.29, 0.717) is 45.0 Å². The van der Waals surface area contributed by atoms with Gasteiger partial charge in [0.25, 0.3) is 5.56 Å². The molecule has 0 fully saturated rings. The van der Waals surface area contributed by atoms with Crippen LogP contribution in [0.1, 0.15) is 50.1 Å². The van der Waals surface area contributed by atoms with Gasteiger partial charge in [0.05, 0.1) is 28.5 Å². The first-order valence-electron chi connectivity index (χ1n) is 14.9. The molecular weight excluding hydrogens is 606 g/mol. The molecular formula is C35H32ClN5O3S. The summed E-state index contributed by atoms with van der Waals surface area (Å²) in [6.07, 6.45) is 10.4. The minimum Gasteiger partial charge on any atom is -0.494 e. The van der Waals surface area contributed by atoms with Crippen LogP contribution in [-0.4, -0.2) is 37.6 Å². The maximum Gasteiger partial charge on any atom is 0.291 e. The standard InChI is InChI=1S/C35H32ClN5O3S/c1-3-5-20-44-30-17-14-25(21-29(30)36)33-26(23-40(39-33)27-9-7-6-8-10-27)22-31-34(42)41-35(45-31)37-32(38-41)18-13-24-11-15-28(16-12-24)43-19-4-2/h6-18,21-23H,3-5,19-20H2,1-2H3/b18-13+,31-22-. The van der Waals surface area contributed by atoms with Crippen LogP contribution < -0.4 is 19.6 Å². The number of hydrogen-bond donors (Lipinski definition) is 0. The van der Waals surface area contributed by atoms with E-state index in [2.05, 4.69) is 23.9 Å². The molecule has 0 spiro atoms. The highest BCUT2D eigenvalue weighted by molar-refractivity contribution is 7.15. The molecule has 45 heavy (non-hydrogen) atoms. The zero-order valence-corrected chi connectivity index (χ0v) is 26.6. The van der Waals surface area contributed by atoms with Gasteiger partial charge in [-0.25, -0.2) is 4.68 Å². The lowest BCUT2D eigenvalue weighted by molar-refractivity contribution is 0.309. The van der Waals surface area contributed by atoms with Crippen LogP contribution in [0.2, 0.25) is 5.02 Å². The Morgan fingerprint density at radius 3 is 2.47 bits per heavy atom. The van der Waals surface area contributed by atoms with Gasteiger partial charge in [-0.2, -0.15) is 14.6 Å². The Morgan fingerprint density at radius 1 is 0.911 bits per heavy atom. The van der Waals surface area contributed by atoms with Gasteiger partial charge in [0.15, 0.2) is 5.82 Å². The van der Waals surface area contributed by atoms with E-state index in [9.17, 15) is 4.79 Å². The molecule has 3 aromatic heterocycles. The van der Waals surface area contributed by atoms with E-state index in [1.807, 2.05) is 91.1 Å². The second-order valence-electron chi connectivity index (χ2n) is 10.4. The molecule has 0 radical (unpaired) electrons. The summed E-state index contributed by atoms with van der Waals surface area (Å²) in [5.41, 5.74) is 3.91. The van der Waals surface area contributed by atoms with Crippen molar-refractivity contribution >= 4 is 46.1 Å². The van der Waals surface area contributed by atoms with Gasteiger partial charge in [-0.3, -0.25) is 4.79 Å². The fraction of sp³-hybridized carbons (Fsp3) is 0.200. The number of nitrogens with zero attached hydrogens (tertiary/aromatic N) is 5. The van der Waals surface area contributed by atoms with E-state index in [0.717, 1.165) is 47.4 Å². The third-order valence-corrected chi connectivity index (χ3v) is 8.24. The zero-order valence-electron chi connectivity index (χ0n) is 25.0. The molecule has 10 heteroatoms. The normalized spacial score (nSPS) is 12.0. The fourth-order valence-electron chi connectivity index (χ4n) is 4.65. The van der Waals surface area contributed by atoms with E-state index in [1.165, 1.54) is 15.9 Å². The Kier molecular flexibility index (Phi) is 9.38. The molecule has 0 aliphatic carbocycles. The van der Waals surface area contributed by atoms with Crippen molar-refractivity contribution in [2.45, 2.75) is 33.1 Å². The van der Waals surface area contributed by atoms with Crippen LogP contribution in [0, 0.1) is 0 Å². The zero-order chi connectivity index (χ0) is 31.2. The number of aromatic nitrogens is 5. The van der Waals surface area contributed by atoms with Crippen molar-refractivity contribution in [3.63, 3.8) is 0 Å². The van der Waals surface area contributed by atoms with Crippen LogP contribution in [0.25, 0.3) is 40.1 Å². The number of unbranched alkanes of at least 4 members (excludes halogenated alkanes) is 1. The predicted molar refractivity (Wildman–Crippen MR) is 181 cm³/mol. The highest BCUT2D eigenvalue weighted by atomic mass is 35.5. The molecule has 0 aliphatic heterocycles. The molecule has 8 nitrogen and oxygen atoms in total. The van der Waals surface area contributed by atoms with E-state index in [-0.39, 0.29) is 5.56 Å². The Hall–Kier alpha value is -4.73. The molecule has 3 aromatic carbocycles. The van der Waals surface area contributed by atoms with Crippen molar-refractivity contribution < 1.29 is 9.47 Å². The summed E-state index contributed by atoms with van der Waals surface area (Å²) in [4.78, 5) is 18.5. The first-order valence-corrected chi connectivity index (χ1v) is 16.1. The first kappa shape index (κ1) is 30.3. The number of para-hydroxylation sites is 1. The summed E-state index contributed by atoms with van der Waals surface area (Å²) in [5, 5.41) is 9.85. The lowest BCUT2D eigenvalue weighted by atomic mass is 10.1. The highest BCUT2D eigenvalue weighted by Crippen LogP contribution is 2.32. The summed E-state index contributed by atoms with van der Waals surface area (Å²) in [6.45, 7) is 5.49. The monoisotopic (exact) mass is 637 g/mol. The lowest BCUT2D eigenvalue weighted by Crippen LogP contribution is -2.23. The first-order chi connectivity index (χ1) is 22.0. The van der Waals surface area contributed by atoms with E-state index in [4.69, 9.17) is 26.2 Å². The minimum absolute atomic E-state index is 0.240. The second-order valence-corrected chi connectivity index (χ2v) is 11.8. The third-order valence-electron chi connectivity index (χ3n) is 6.99. The van der Waals surface area contributed by atoms with Crippen molar-refractivity contribution in [1.29, 1.82) is 0 Å². The quantitative estimate of drug-likeness (QED) is 0.131. The Labute approximate surface area is 269 Å². The van der Waals surface area contributed by atoms with Gasteiger partial charge in [-0.15, -0.1) is 5.10 Å². The van der Waals surface area contributed by atoms with Crippen molar-refractivity contribution in [1.82, 2.24) is 24.4 Å². The highest BCUT2D eigenvalue weighted by Gasteiger charge is 2.15. The molecule has 3 heterocycles. The van der Waals surface area contributed by atoms with Crippen molar-refractivity contribution in [2.75, 3.05) is 13.2 Å². The van der Waals surface area contributed by atoms with Gasteiger partial charge in [0.2, 0.25) is 4.96 Å². The molecule has 0 atom stereocenters. The average Bonchev–Trinajstić information content (AvgIpc) is 3.75. The van der Waals surface area contributed by atoms with Crippen molar-refractivity contribution in [3.05, 3.63) is 116 Å². The SMILES string of the molecule is CCCCOc1ccc(-c2nn(-c3ccccc3)cc2/C=c2\sc3nc(/C=C/c4ccc(OCCC)cc4)nn3c2=O)cc1Cl. The van der Waals surface area contributed by atoms with Crippen LogP contribution in [0.5, 0.6) is 11.5 Å². The fourth-order valence-corrected chi connectivity index (χ4v) is 5.79. The molecule has 6 rings (SSSR count). The van der Waals surface area contributed by atoms with Gasteiger partial charge in [-0.1, -0.05) is 79.6 Å². The Balaban J connectivity index is 1.32. The van der Waals surface area contributed by atoms with Crippen LogP contribution >= 0.6 is 22.9 Å². The molecule has 0 bridgehead atoms. The van der Waals surface area contributed by atoms with Gasteiger partial charge < -0.3 is 9.47 Å². The maximum atomic E-state index is 13.4. The third kappa shape index (κ3) is 7.00. The molecule has 228 valence electrons. The molecule has 0 saturated carbocycles. The van der Waals surface area contributed by atoms with Crippen LogP contribution in [0.3, 0.4) is 0 Å². The summed E-state index contributed by atoms with van der Waals surface area (Å²) in [5.74, 6) is 1.94. The van der Waals surface area contributed by atoms with Gasteiger partial charge >= 0.3 is 0 Å². The molecule has 0 unspecified atom stereocenters. The predicted octanol–water partition coefficient (Wildman–Crippen LogP) is 7.34. The minimum atomic E-state index is -0.240. The van der Waals surface area contributed by atoms with Crippen molar-refractivity contribution in [3.8, 4) is 28.4 Å². The van der Waals surface area contributed by atoms with E-state index in [1.54, 1.807) is 10.8 Å². The summed E-state index contributed by atoms with van der Waals surface area (Å²) in [7, 11) is 0. The number of thiazole rings is 1. The van der Waals surface area contributed by atoms with Gasteiger partial charge in [-0.05, 0) is 73.0 Å². The maximum absolute atomic E-state index is 13.4.